The van der Waals surface area contributed by atoms with Gasteiger partial charge in [-0.15, -0.1) is 0 Å². The molecule has 120 valence electrons. The number of hydrogen-bond donors (Lipinski definition) is 2. The molecule has 6 nitrogen and oxygen atoms in total. The fourth-order valence-electron chi connectivity index (χ4n) is 3.10. The Labute approximate surface area is 133 Å². The van der Waals surface area contributed by atoms with Crippen LogP contribution in [0.15, 0.2) is 46.1 Å². The first-order chi connectivity index (χ1) is 11.1. The standard InChI is InChI=1S/C17H19N3O3/c21-15-14(11-18-17(23)19-15)16(22)20-9-4-7-13(8-10-20)12-5-2-1-3-6-12/h1-3,5-6,11,13H,4,7-10H2,(H2,18,19,21,23)/t13-/m1/s1. The van der Waals surface area contributed by atoms with Gasteiger partial charge in [-0.05, 0) is 30.7 Å². The molecule has 1 aromatic carbocycles. The van der Waals surface area contributed by atoms with Gasteiger partial charge in [0.2, 0.25) is 0 Å². The second-order valence-corrected chi connectivity index (χ2v) is 5.82. The van der Waals surface area contributed by atoms with Crippen molar-refractivity contribution in [1.29, 1.82) is 0 Å². The zero-order valence-corrected chi connectivity index (χ0v) is 12.7. The van der Waals surface area contributed by atoms with Crippen LogP contribution in [0.25, 0.3) is 0 Å². The molecule has 0 saturated carbocycles. The number of rotatable bonds is 2. The largest absolute Gasteiger partial charge is 0.338 e. The molecular weight excluding hydrogens is 294 g/mol. The van der Waals surface area contributed by atoms with Crippen molar-refractivity contribution in [1.82, 2.24) is 14.9 Å². The number of aromatic nitrogens is 2. The fraction of sp³-hybridized carbons (Fsp3) is 0.353. The van der Waals surface area contributed by atoms with Crippen LogP contribution >= 0.6 is 0 Å². The van der Waals surface area contributed by atoms with Crippen molar-refractivity contribution in [2.24, 2.45) is 0 Å². The maximum Gasteiger partial charge on any atom is 0.325 e. The highest BCUT2D eigenvalue weighted by Crippen LogP contribution is 2.28. The van der Waals surface area contributed by atoms with E-state index >= 15 is 0 Å². The first-order valence-corrected chi connectivity index (χ1v) is 7.81. The Kier molecular flexibility index (Phi) is 4.41. The third-order valence-electron chi connectivity index (χ3n) is 4.34. The average molecular weight is 313 g/mol. The quantitative estimate of drug-likeness (QED) is 0.880. The molecule has 1 aliphatic heterocycles. The smallest absolute Gasteiger partial charge is 0.325 e. The van der Waals surface area contributed by atoms with Gasteiger partial charge >= 0.3 is 5.69 Å². The minimum absolute atomic E-state index is 0.0113. The highest BCUT2D eigenvalue weighted by molar-refractivity contribution is 5.93. The number of carbonyl (C=O) groups excluding carboxylic acids is 1. The number of hydrogen-bond acceptors (Lipinski definition) is 3. The van der Waals surface area contributed by atoms with Crippen LogP contribution < -0.4 is 11.2 Å². The number of amides is 1. The van der Waals surface area contributed by atoms with Gasteiger partial charge in [0.05, 0.1) is 0 Å². The predicted molar refractivity (Wildman–Crippen MR) is 86.6 cm³/mol. The topological polar surface area (TPSA) is 86.0 Å². The van der Waals surface area contributed by atoms with Gasteiger partial charge in [-0.25, -0.2) is 4.79 Å². The van der Waals surface area contributed by atoms with E-state index in [0.29, 0.717) is 19.0 Å². The van der Waals surface area contributed by atoms with E-state index in [4.69, 9.17) is 0 Å². The Balaban J connectivity index is 1.74. The maximum atomic E-state index is 12.5. The van der Waals surface area contributed by atoms with E-state index < -0.39 is 11.2 Å². The zero-order valence-electron chi connectivity index (χ0n) is 12.7. The van der Waals surface area contributed by atoms with Gasteiger partial charge in [-0.3, -0.25) is 14.6 Å². The van der Waals surface area contributed by atoms with Crippen LogP contribution in [0, 0.1) is 0 Å². The minimum Gasteiger partial charge on any atom is -0.338 e. The maximum absolute atomic E-state index is 12.5. The number of nitrogens with zero attached hydrogens (tertiary/aromatic N) is 1. The van der Waals surface area contributed by atoms with Crippen molar-refractivity contribution in [3.8, 4) is 0 Å². The summed E-state index contributed by atoms with van der Waals surface area (Å²) >= 11 is 0. The van der Waals surface area contributed by atoms with Crippen LogP contribution in [0.5, 0.6) is 0 Å². The molecule has 23 heavy (non-hydrogen) atoms. The van der Waals surface area contributed by atoms with Crippen molar-refractivity contribution < 1.29 is 4.79 Å². The summed E-state index contributed by atoms with van der Waals surface area (Å²) < 4.78 is 0. The summed E-state index contributed by atoms with van der Waals surface area (Å²) in [5.74, 6) is 0.110. The van der Waals surface area contributed by atoms with Gasteiger partial charge in [0.1, 0.15) is 5.56 Å². The Morgan fingerprint density at radius 3 is 2.61 bits per heavy atom. The molecule has 6 heteroatoms. The molecule has 3 rings (SSSR count). The van der Waals surface area contributed by atoms with Crippen LogP contribution in [-0.4, -0.2) is 33.9 Å². The molecule has 0 unspecified atom stereocenters. The molecule has 0 radical (unpaired) electrons. The van der Waals surface area contributed by atoms with E-state index in [1.165, 1.54) is 11.8 Å². The van der Waals surface area contributed by atoms with Gasteiger partial charge < -0.3 is 9.88 Å². The summed E-state index contributed by atoms with van der Waals surface area (Å²) in [5, 5.41) is 0. The van der Waals surface area contributed by atoms with Crippen molar-refractivity contribution in [2.45, 2.75) is 25.2 Å². The molecule has 1 aliphatic rings. The van der Waals surface area contributed by atoms with E-state index in [1.807, 2.05) is 18.2 Å². The van der Waals surface area contributed by atoms with Crippen LogP contribution in [0.3, 0.4) is 0 Å². The van der Waals surface area contributed by atoms with Crippen LogP contribution in [0.1, 0.15) is 41.1 Å². The van der Waals surface area contributed by atoms with E-state index in [2.05, 4.69) is 22.1 Å². The van der Waals surface area contributed by atoms with E-state index in [-0.39, 0.29) is 11.5 Å². The molecule has 0 aliphatic carbocycles. The van der Waals surface area contributed by atoms with Crippen molar-refractivity contribution in [3.05, 3.63) is 68.5 Å². The summed E-state index contributed by atoms with van der Waals surface area (Å²) in [6.07, 6.45) is 3.99. The van der Waals surface area contributed by atoms with Gasteiger partial charge in [0, 0.05) is 19.3 Å². The molecule has 1 saturated heterocycles. The lowest BCUT2D eigenvalue weighted by Gasteiger charge is -2.20. The predicted octanol–water partition coefficient (Wildman–Crippen LogP) is 1.47. The number of carbonyl (C=O) groups is 1. The number of likely N-dealkylation sites (tertiary alicyclic amines) is 1. The second-order valence-electron chi connectivity index (χ2n) is 5.82. The molecule has 0 bridgehead atoms. The fourth-order valence-corrected chi connectivity index (χ4v) is 3.10. The average Bonchev–Trinajstić information content (AvgIpc) is 2.81. The van der Waals surface area contributed by atoms with Crippen molar-refractivity contribution in [2.75, 3.05) is 13.1 Å². The Bertz CT molecular complexity index is 794. The number of nitrogens with one attached hydrogen (secondary N) is 2. The number of aromatic amines is 2. The van der Waals surface area contributed by atoms with Gasteiger partial charge in [-0.1, -0.05) is 30.3 Å². The molecule has 0 spiro atoms. The number of benzene rings is 1. The molecule has 1 atom stereocenters. The van der Waals surface area contributed by atoms with Crippen LogP contribution in [-0.2, 0) is 0 Å². The third kappa shape index (κ3) is 3.41. The summed E-state index contributed by atoms with van der Waals surface area (Å²) in [6, 6.07) is 10.3. The minimum atomic E-state index is -0.636. The lowest BCUT2D eigenvalue weighted by atomic mass is 9.92. The molecule has 1 fully saturated rings. The summed E-state index contributed by atoms with van der Waals surface area (Å²) in [6.45, 7) is 1.23. The van der Waals surface area contributed by atoms with Crippen LogP contribution in [0.2, 0.25) is 0 Å². The van der Waals surface area contributed by atoms with Crippen molar-refractivity contribution >= 4 is 5.91 Å². The zero-order chi connectivity index (χ0) is 16.2. The Morgan fingerprint density at radius 2 is 1.87 bits per heavy atom. The Hall–Kier alpha value is -2.63. The van der Waals surface area contributed by atoms with E-state index in [9.17, 15) is 14.4 Å². The number of H-pyrrole nitrogens is 2. The molecule has 1 amide bonds. The summed E-state index contributed by atoms with van der Waals surface area (Å²) in [5.41, 5.74) is 0.0422. The van der Waals surface area contributed by atoms with E-state index in [1.54, 1.807) is 4.90 Å². The van der Waals surface area contributed by atoms with Crippen LogP contribution in [0.4, 0.5) is 0 Å². The SMILES string of the molecule is O=C(c1c[nH]c(=O)[nH]c1=O)N1CCC[C@@H](c2ccccc2)CC1. The Morgan fingerprint density at radius 1 is 1.09 bits per heavy atom. The molecule has 2 aromatic rings. The molecular formula is C17H19N3O3. The van der Waals surface area contributed by atoms with Gasteiger partial charge in [-0.2, -0.15) is 0 Å². The lowest BCUT2D eigenvalue weighted by Crippen LogP contribution is -2.37. The van der Waals surface area contributed by atoms with Gasteiger partial charge in [0.25, 0.3) is 11.5 Å². The molecule has 2 N–H and O–H groups in total. The highest BCUT2D eigenvalue weighted by Gasteiger charge is 2.24. The third-order valence-corrected chi connectivity index (χ3v) is 4.34. The lowest BCUT2D eigenvalue weighted by molar-refractivity contribution is 0.0758. The normalized spacial score (nSPS) is 18.4. The first-order valence-electron chi connectivity index (χ1n) is 7.81. The second kappa shape index (κ2) is 6.64. The summed E-state index contributed by atoms with van der Waals surface area (Å²) in [7, 11) is 0. The summed E-state index contributed by atoms with van der Waals surface area (Å²) in [4.78, 5) is 41.5. The highest BCUT2D eigenvalue weighted by atomic mass is 16.2. The molecule has 1 aromatic heterocycles. The van der Waals surface area contributed by atoms with E-state index in [0.717, 1.165) is 19.3 Å². The first kappa shape index (κ1) is 15.3. The monoisotopic (exact) mass is 313 g/mol. The van der Waals surface area contributed by atoms with Crippen molar-refractivity contribution in [3.63, 3.8) is 0 Å². The molecule has 2 heterocycles. The van der Waals surface area contributed by atoms with Gasteiger partial charge in [0.15, 0.2) is 0 Å².